The normalized spacial score (nSPS) is 20.0. The molecule has 23 heavy (non-hydrogen) atoms. The zero-order valence-corrected chi connectivity index (χ0v) is 13.5. The minimum absolute atomic E-state index is 0.420. The molecule has 0 spiro atoms. The van der Waals surface area contributed by atoms with Crippen LogP contribution in [0.3, 0.4) is 0 Å². The van der Waals surface area contributed by atoms with Crippen LogP contribution in [0.2, 0.25) is 0 Å². The third-order valence-electron chi connectivity index (χ3n) is 4.14. The van der Waals surface area contributed by atoms with Crippen molar-refractivity contribution in [2.45, 2.75) is 38.9 Å². The van der Waals surface area contributed by atoms with E-state index in [1.165, 1.54) is 17.0 Å². The largest absolute Gasteiger partial charge is 0.525 e. The Balaban J connectivity index is 1.79. The minimum atomic E-state index is -1.02. The van der Waals surface area contributed by atoms with Gasteiger partial charge in [-0.1, -0.05) is 0 Å². The Labute approximate surface area is 134 Å². The maximum atomic E-state index is 14.4. The molecule has 3 heterocycles. The van der Waals surface area contributed by atoms with Gasteiger partial charge >= 0.3 is 7.12 Å². The first-order valence-corrected chi connectivity index (χ1v) is 7.33. The molecule has 8 heteroatoms. The lowest BCUT2D eigenvalue weighted by atomic mass is 9.87. The second-order valence-corrected chi connectivity index (χ2v) is 6.38. The molecule has 0 unspecified atom stereocenters. The number of halogens is 1. The highest BCUT2D eigenvalue weighted by Crippen LogP contribution is 2.39. The van der Waals surface area contributed by atoms with Crippen molar-refractivity contribution < 1.29 is 13.7 Å². The summed E-state index contributed by atoms with van der Waals surface area (Å²) in [6, 6.07) is 1.71. The molecule has 0 aliphatic carbocycles. The lowest BCUT2D eigenvalue weighted by molar-refractivity contribution is 0.00578. The van der Waals surface area contributed by atoms with Gasteiger partial charge < -0.3 is 9.31 Å². The van der Waals surface area contributed by atoms with Crippen LogP contribution >= 0.6 is 0 Å². The summed E-state index contributed by atoms with van der Waals surface area (Å²) in [6.07, 6.45) is 7.74. The topological polar surface area (TPSA) is 62.1 Å². The molecule has 0 atom stereocenters. The second kappa shape index (κ2) is 5.54. The van der Waals surface area contributed by atoms with Crippen molar-refractivity contribution in [2.75, 3.05) is 0 Å². The summed E-state index contributed by atoms with van der Waals surface area (Å²) in [4.78, 5) is 8.17. The predicted octanol–water partition coefficient (Wildman–Crippen LogP) is 2.60. The zero-order chi connectivity index (χ0) is 16.7. The summed E-state index contributed by atoms with van der Waals surface area (Å²) in [6.45, 7) is 7.52. The van der Waals surface area contributed by atoms with Gasteiger partial charge in [-0.05, 0) is 39.8 Å². The van der Waals surface area contributed by atoms with Crippen molar-refractivity contribution in [1.29, 1.82) is 0 Å². The fourth-order valence-electron chi connectivity index (χ4n) is 2.11. The maximum absolute atomic E-state index is 14.4. The van der Waals surface area contributed by atoms with Gasteiger partial charge in [0, 0.05) is 24.2 Å². The molecule has 0 amide bonds. The molecule has 0 radical (unpaired) electrons. The summed E-state index contributed by atoms with van der Waals surface area (Å²) in [7, 11) is -1.02. The van der Waals surface area contributed by atoms with E-state index in [0.29, 0.717) is 11.5 Å². The van der Waals surface area contributed by atoms with E-state index in [0.717, 1.165) is 0 Å². The van der Waals surface area contributed by atoms with Gasteiger partial charge in [0.15, 0.2) is 0 Å². The predicted molar refractivity (Wildman–Crippen MR) is 84.3 cm³/mol. The lowest BCUT2D eigenvalue weighted by Crippen LogP contribution is -2.41. The van der Waals surface area contributed by atoms with Gasteiger partial charge in [0.1, 0.15) is 5.73 Å². The van der Waals surface area contributed by atoms with E-state index < -0.39 is 24.0 Å². The minimum Gasteiger partial charge on any atom is -0.398 e. The fraction of sp³-hybridized carbons (Fsp3) is 0.400. The molecule has 3 rings (SSSR count). The second-order valence-electron chi connectivity index (χ2n) is 6.38. The van der Waals surface area contributed by atoms with Crippen molar-refractivity contribution >= 4 is 13.2 Å². The number of hydrogen-bond donors (Lipinski definition) is 0. The molecule has 0 bridgehead atoms. The molecule has 0 aromatic carbocycles. The van der Waals surface area contributed by atoms with Gasteiger partial charge in [-0.25, -0.2) is 19.0 Å². The molecule has 1 saturated heterocycles. The average Bonchev–Trinajstić information content (AvgIpc) is 3.03. The highest BCUT2D eigenvalue weighted by molar-refractivity contribution is 6.54. The molecule has 120 valence electrons. The van der Waals surface area contributed by atoms with Gasteiger partial charge in [-0.3, -0.25) is 0 Å². The molecule has 0 N–H and O–H groups in total. The Morgan fingerprint density at radius 3 is 2.39 bits per heavy atom. The first-order chi connectivity index (χ1) is 10.8. The van der Waals surface area contributed by atoms with Crippen LogP contribution in [-0.2, 0) is 9.31 Å². The van der Waals surface area contributed by atoms with E-state index in [-0.39, 0.29) is 0 Å². The number of nitrogens with zero attached hydrogens (tertiary/aromatic N) is 4. The molecular weight excluding hydrogens is 298 g/mol. The van der Waals surface area contributed by atoms with Gasteiger partial charge in [0.2, 0.25) is 5.95 Å². The van der Waals surface area contributed by atoms with E-state index in [1.807, 2.05) is 27.7 Å². The van der Waals surface area contributed by atoms with E-state index >= 15 is 0 Å². The Bertz CT molecular complexity index is 714. The maximum Gasteiger partial charge on any atom is 0.525 e. The van der Waals surface area contributed by atoms with Crippen LogP contribution in [0.4, 0.5) is 4.39 Å². The summed E-state index contributed by atoms with van der Waals surface area (Å²) >= 11 is 0. The number of aromatic nitrogens is 4. The van der Waals surface area contributed by atoms with Crippen molar-refractivity contribution in [3.05, 3.63) is 42.1 Å². The van der Waals surface area contributed by atoms with Crippen molar-refractivity contribution in [2.24, 2.45) is 0 Å². The standard InChI is InChI=1S/C15H18BFN4O2/c1-14(2)15(3,4)23-16(22-14)12(17)8-11-9-20-21(10-11)13-18-6-5-7-19-13/h5-10H,1-4H3. The van der Waals surface area contributed by atoms with Crippen LogP contribution in [0.25, 0.3) is 12.0 Å². The van der Waals surface area contributed by atoms with Crippen LogP contribution in [0.1, 0.15) is 33.3 Å². The Kier molecular flexibility index (Phi) is 3.81. The molecule has 1 aliphatic heterocycles. The quantitative estimate of drug-likeness (QED) is 0.815. The van der Waals surface area contributed by atoms with E-state index in [1.54, 1.807) is 24.7 Å². The van der Waals surface area contributed by atoms with Crippen LogP contribution in [0.5, 0.6) is 0 Å². The van der Waals surface area contributed by atoms with Crippen LogP contribution in [0.15, 0.2) is 36.6 Å². The van der Waals surface area contributed by atoms with Gasteiger partial charge in [0.05, 0.1) is 17.4 Å². The van der Waals surface area contributed by atoms with Crippen LogP contribution in [-0.4, -0.2) is 38.1 Å². The molecular formula is C15H18BFN4O2. The van der Waals surface area contributed by atoms with E-state index in [9.17, 15) is 4.39 Å². The van der Waals surface area contributed by atoms with Crippen molar-refractivity contribution in [1.82, 2.24) is 19.7 Å². The van der Waals surface area contributed by atoms with E-state index in [4.69, 9.17) is 9.31 Å². The summed E-state index contributed by atoms with van der Waals surface area (Å²) < 4.78 is 27.3. The summed E-state index contributed by atoms with van der Waals surface area (Å²) in [5, 5.41) is 4.12. The Morgan fingerprint density at radius 2 is 1.78 bits per heavy atom. The third-order valence-corrected chi connectivity index (χ3v) is 4.14. The van der Waals surface area contributed by atoms with Gasteiger partial charge in [-0.15, -0.1) is 0 Å². The highest BCUT2D eigenvalue weighted by atomic mass is 19.1. The summed E-state index contributed by atoms with van der Waals surface area (Å²) in [5.41, 5.74) is -1.09. The SMILES string of the molecule is CC1(C)OB(C(F)=Cc2cnn(-c3ncccn3)c2)OC1(C)C. The van der Waals surface area contributed by atoms with Gasteiger partial charge in [-0.2, -0.15) is 5.10 Å². The number of rotatable bonds is 3. The zero-order valence-electron chi connectivity index (χ0n) is 13.5. The molecule has 0 saturated carbocycles. The molecule has 6 nitrogen and oxygen atoms in total. The first-order valence-electron chi connectivity index (χ1n) is 7.33. The van der Waals surface area contributed by atoms with Crippen molar-refractivity contribution in [3.63, 3.8) is 0 Å². The fourth-order valence-corrected chi connectivity index (χ4v) is 2.11. The smallest absolute Gasteiger partial charge is 0.398 e. The van der Waals surface area contributed by atoms with Crippen LogP contribution in [0, 0.1) is 0 Å². The van der Waals surface area contributed by atoms with Crippen molar-refractivity contribution in [3.8, 4) is 5.95 Å². The van der Waals surface area contributed by atoms with Crippen LogP contribution < -0.4 is 0 Å². The first kappa shape index (κ1) is 15.8. The Hall–Kier alpha value is -2.06. The molecule has 2 aromatic heterocycles. The van der Waals surface area contributed by atoms with Gasteiger partial charge in [0.25, 0.3) is 0 Å². The summed E-state index contributed by atoms with van der Waals surface area (Å²) in [5.74, 6) is 0.420. The lowest BCUT2D eigenvalue weighted by Gasteiger charge is -2.32. The molecule has 2 aromatic rings. The third kappa shape index (κ3) is 3.04. The number of hydrogen-bond acceptors (Lipinski definition) is 5. The molecule has 1 fully saturated rings. The monoisotopic (exact) mass is 316 g/mol. The Morgan fingerprint density at radius 1 is 1.17 bits per heavy atom. The molecule has 1 aliphatic rings. The average molecular weight is 316 g/mol. The van der Waals surface area contributed by atoms with E-state index in [2.05, 4.69) is 15.1 Å². The highest BCUT2D eigenvalue weighted by Gasteiger charge is 2.53.